The number of hydrogen-bond acceptors (Lipinski definition) is 7. The second-order valence-corrected chi connectivity index (χ2v) is 10.3. The molecule has 0 aliphatic carbocycles. The zero-order valence-corrected chi connectivity index (χ0v) is 19.3. The summed E-state index contributed by atoms with van der Waals surface area (Å²) in [6.07, 6.45) is 2.13. The Morgan fingerprint density at radius 1 is 1.06 bits per heavy atom. The minimum Gasteiger partial charge on any atom is -0.368 e. The molecule has 33 heavy (non-hydrogen) atoms. The lowest BCUT2D eigenvalue weighted by molar-refractivity contribution is 0.171. The van der Waals surface area contributed by atoms with Crippen LogP contribution in [-0.2, 0) is 13.1 Å². The van der Waals surface area contributed by atoms with E-state index in [4.69, 9.17) is 4.98 Å². The topological polar surface area (TPSA) is 84.2 Å². The fourth-order valence-corrected chi connectivity index (χ4v) is 6.16. The molecule has 0 amide bonds. The third-order valence-corrected chi connectivity index (χ3v) is 8.06. The summed E-state index contributed by atoms with van der Waals surface area (Å²) in [5.74, 6) is 2.11. The summed E-state index contributed by atoms with van der Waals surface area (Å²) < 4.78 is 3.59. The van der Waals surface area contributed by atoms with Gasteiger partial charge < -0.3 is 15.5 Å². The molecule has 8 nitrogen and oxygen atoms in total. The van der Waals surface area contributed by atoms with Gasteiger partial charge in [-0.1, -0.05) is 0 Å². The highest BCUT2D eigenvalue weighted by molar-refractivity contribution is 7.99. The van der Waals surface area contributed by atoms with Gasteiger partial charge in [0.1, 0.15) is 11.5 Å². The number of nitrogens with one attached hydrogen (secondary N) is 2. The lowest BCUT2D eigenvalue weighted by Crippen LogP contribution is -2.44. The van der Waals surface area contributed by atoms with E-state index < -0.39 is 0 Å². The molecule has 0 aromatic carbocycles. The van der Waals surface area contributed by atoms with Crippen molar-refractivity contribution in [2.75, 3.05) is 37.2 Å². The highest BCUT2D eigenvalue weighted by atomic mass is 32.2. The maximum atomic E-state index is 12.6. The fourth-order valence-electron chi connectivity index (χ4n) is 5.32. The number of hydrogen-bond donors (Lipinski definition) is 2. The van der Waals surface area contributed by atoms with Crippen LogP contribution in [0, 0.1) is 0 Å². The first-order valence-corrected chi connectivity index (χ1v) is 12.7. The number of aromatic nitrogens is 3. The van der Waals surface area contributed by atoms with Crippen LogP contribution in [0.2, 0.25) is 0 Å². The molecule has 3 aromatic heterocycles. The van der Waals surface area contributed by atoms with Crippen molar-refractivity contribution in [3.8, 4) is 0 Å². The number of piperidine rings is 1. The zero-order valence-electron chi connectivity index (χ0n) is 18.5. The average Bonchev–Trinajstić information content (AvgIpc) is 3.23. The number of rotatable bonds is 5. The van der Waals surface area contributed by atoms with Crippen molar-refractivity contribution in [2.45, 2.75) is 42.9 Å². The Hall–Kier alpha value is -2.62. The van der Waals surface area contributed by atoms with Gasteiger partial charge in [-0.2, -0.15) is 0 Å². The van der Waals surface area contributed by atoms with E-state index in [0.29, 0.717) is 12.6 Å². The van der Waals surface area contributed by atoms with Crippen LogP contribution in [0.4, 0.5) is 5.82 Å². The normalized spacial score (nSPS) is 20.7. The van der Waals surface area contributed by atoms with E-state index in [-0.39, 0.29) is 17.2 Å². The first-order chi connectivity index (χ1) is 16.2. The summed E-state index contributed by atoms with van der Waals surface area (Å²) in [4.78, 5) is 33.4. The van der Waals surface area contributed by atoms with Crippen LogP contribution in [0.1, 0.15) is 24.6 Å². The SMILES string of the molecule is O=c1ccc2ccc(=O)n3c2n1CC3CN1CCC(NCc2ccc3c(n2)NCCS3)CC1. The number of thioether (sulfide) groups is 1. The molecule has 3 aliphatic rings. The van der Waals surface area contributed by atoms with Crippen molar-refractivity contribution >= 4 is 28.6 Å². The summed E-state index contributed by atoms with van der Waals surface area (Å²) in [5, 5.41) is 8.02. The second-order valence-electron chi connectivity index (χ2n) is 9.14. The van der Waals surface area contributed by atoms with Crippen LogP contribution >= 0.6 is 11.8 Å². The Bertz CT molecular complexity index is 1310. The molecule has 0 spiro atoms. The fraction of sp³-hybridized carbons (Fsp3) is 0.458. The van der Waals surface area contributed by atoms with Gasteiger partial charge in [0, 0.05) is 60.4 Å². The number of likely N-dealkylation sites (tertiary alicyclic amines) is 1. The van der Waals surface area contributed by atoms with E-state index in [1.807, 2.05) is 28.5 Å². The van der Waals surface area contributed by atoms with Gasteiger partial charge in [-0.25, -0.2) is 4.98 Å². The van der Waals surface area contributed by atoms with Gasteiger partial charge in [-0.3, -0.25) is 18.7 Å². The molecule has 2 N–H and O–H groups in total. The lowest BCUT2D eigenvalue weighted by Gasteiger charge is -2.34. The van der Waals surface area contributed by atoms with Gasteiger partial charge in [-0.15, -0.1) is 11.8 Å². The van der Waals surface area contributed by atoms with E-state index in [0.717, 1.165) is 73.9 Å². The third-order valence-electron chi connectivity index (χ3n) is 7.01. The van der Waals surface area contributed by atoms with Crippen LogP contribution in [0.15, 0.2) is 50.9 Å². The molecule has 0 saturated carbocycles. The number of fused-ring (bicyclic) bond motifs is 1. The molecular weight excluding hydrogens is 436 g/mol. The number of pyridine rings is 3. The highest BCUT2D eigenvalue weighted by Gasteiger charge is 2.29. The summed E-state index contributed by atoms with van der Waals surface area (Å²) in [5.41, 5.74) is 1.79. The predicted octanol–water partition coefficient (Wildman–Crippen LogP) is 1.88. The molecule has 1 fully saturated rings. The Labute approximate surface area is 196 Å². The molecule has 172 valence electrons. The molecule has 0 bridgehead atoms. The maximum Gasteiger partial charge on any atom is 0.252 e. The minimum absolute atomic E-state index is 0.00544. The quantitative estimate of drug-likeness (QED) is 0.597. The Morgan fingerprint density at radius 3 is 2.73 bits per heavy atom. The molecular formula is C24H28N6O2S. The number of anilines is 1. The standard InChI is InChI=1S/C24H28N6O2S/c31-21-5-1-16-2-6-22(32)30-19(15-29(21)24(16)30)14-28-10-7-17(8-11-28)26-13-18-3-4-20-23(27-18)25-9-12-33-20/h1-6,17,19,26H,7-15H2,(H,25,27). The van der Waals surface area contributed by atoms with Crippen molar-refractivity contribution in [1.82, 2.24) is 24.3 Å². The largest absolute Gasteiger partial charge is 0.368 e. The van der Waals surface area contributed by atoms with Gasteiger partial charge in [0.25, 0.3) is 11.1 Å². The molecule has 3 aliphatic heterocycles. The second kappa shape index (κ2) is 8.62. The predicted molar refractivity (Wildman–Crippen MR) is 131 cm³/mol. The average molecular weight is 465 g/mol. The maximum absolute atomic E-state index is 12.6. The first-order valence-electron chi connectivity index (χ1n) is 11.7. The van der Waals surface area contributed by atoms with Crippen LogP contribution in [0.3, 0.4) is 0 Å². The van der Waals surface area contributed by atoms with Crippen molar-refractivity contribution in [3.63, 3.8) is 0 Å². The lowest BCUT2D eigenvalue weighted by atomic mass is 10.0. The van der Waals surface area contributed by atoms with Crippen LogP contribution < -0.4 is 21.8 Å². The summed E-state index contributed by atoms with van der Waals surface area (Å²) in [7, 11) is 0. The highest BCUT2D eigenvalue weighted by Crippen LogP contribution is 2.29. The van der Waals surface area contributed by atoms with E-state index in [2.05, 4.69) is 27.7 Å². The molecule has 9 heteroatoms. The molecule has 1 unspecified atom stereocenters. The van der Waals surface area contributed by atoms with Crippen LogP contribution in [0.5, 0.6) is 0 Å². The van der Waals surface area contributed by atoms with Crippen molar-refractivity contribution in [2.24, 2.45) is 0 Å². The third kappa shape index (κ3) is 3.98. The van der Waals surface area contributed by atoms with E-state index >= 15 is 0 Å². The van der Waals surface area contributed by atoms with Gasteiger partial charge in [0.2, 0.25) is 0 Å². The Kier molecular flexibility index (Phi) is 5.48. The van der Waals surface area contributed by atoms with Crippen molar-refractivity contribution < 1.29 is 0 Å². The zero-order chi connectivity index (χ0) is 22.4. The van der Waals surface area contributed by atoms with Crippen molar-refractivity contribution in [3.05, 3.63) is 62.8 Å². The molecule has 1 atom stereocenters. The molecule has 0 radical (unpaired) electrons. The van der Waals surface area contributed by atoms with Crippen LogP contribution in [0.25, 0.3) is 11.0 Å². The van der Waals surface area contributed by atoms with E-state index in [1.165, 1.54) is 4.90 Å². The molecule has 3 aromatic rings. The molecule has 6 heterocycles. The van der Waals surface area contributed by atoms with Crippen LogP contribution in [-0.4, -0.2) is 57.0 Å². The minimum atomic E-state index is -0.0307. The molecule has 1 saturated heterocycles. The van der Waals surface area contributed by atoms with E-state index in [9.17, 15) is 9.59 Å². The summed E-state index contributed by atoms with van der Waals surface area (Å²) in [6, 6.07) is 11.6. The Balaban J connectivity index is 1.06. The van der Waals surface area contributed by atoms with Gasteiger partial charge in [0.15, 0.2) is 0 Å². The smallest absolute Gasteiger partial charge is 0.252 e. The van der Waals surface area contributed by atoms with E-state index in [1.54, 1.807) is 16.7 Å². The summed E-state index contributed by atoms with van der Waals surface area (Å²) >= 11 is 1.86. The van der Waals surface area contributed by atoms with Gasteiger partial charge in [-0.05, 0) is 50.2 Å². The Morgan fingerprint density at radius 2 is 1.88 bits per heavy atom. The van der Waals surface area contributed by atoms with Crippen molar-refractivity contribution in [1.29, 1.82) is 0 Å². The first kappa shape index (κ1) is 20.9. The molecule has 6 rings (SSSR count). The van der Waals surface area contributed by atoms with Gasteiger partial charge >= 0.3 is 0 Å². The summed E-state index contributed by atoms with van der Waals surface area (Å²) in [6.45, 7) is 5.09. The van der Waals surface area contributed by atoms with Gasteiger partial charge in [0.05, 0.1) is 11.7 Å². The number of nitrogens with zero attached hydrogens (tertiary/aromatic N) is 4. The monoisotopic (exact) mass is 464 g/mol.